The van der Waals surface area contributed by atoms with Gasteiger partial charge < -0.3 is 34.3 Å². The minimum atomic E-state index is -1.82. The number of hydroxylamine groups is 2. The third-order valence-corrected chi connectivity index (χ3v) is 7.98. The number of hydrogen-bond acceptors (Lipinski definition) is 9. The topological polar surface area (TPSA) is 148 Å². The Morgan fingerprint density at radius 2 is 2.02 bits per heavy atom. The van der Waals surface area contributed by atoms with Crippen LogP contribution in [0, 0.1) is 11.3 Å². The van der Waals surface area contributed by atoms with E-state index in [9.17, 15) is 24.9 Å². The van der Waals surface area contributed by atoms with E-state index in [1.165, 1.54) is 11.3 Å². The summed E-state index contributed by atoms with van der Waals surface area (Å²) in [5, 5.41) is 34.6. The summed E-state index contributed by atoms with van der Waals surface area (Å²) in [5.41, 5.74) is 4.14. The zero-order valence-electron chi connectivity index (χ0n) is 24.1. The number of nitrogens with zero attached hydrogens (tertiary/aromatic N) is 3. The number of likely N-dealkylation sites (N-methyl/N-ethyl adjacent to an activating group) is 1. The minimum Gasteiger partial charge on any atom is -0.464 e. The van der Waals surface area contributed by atoms with E-state index in [1.54, 1.807) is 11.0 Å². The smallest absolute Gasteiger partial charge is 0.464 e. The van der Waals surface area contributed by atoms with Crippen molar-refractivity contribution in [3.05, 3.63) is 76.6 Å². The Kier molecular flexibility index (Phi) is 9.79. The fourth-order valence-corrected chi connectivity index (χ4v) is 5.70. The number of furan rings is 1. The summed E-state index contributed by atoms with van der Waals surface area (Å²) in [7, 11) is -1.82. The van der Waals surface area contributed by atoms with Crippen LogP contribution in [0.4, 0.5) is 4.79 Å². The van der Waals surface area contributed by atoms with Crippen LogP contribution >= 0.6 is 0 Å². The van der Waals surface area contributed by atoms with Crippen LogP contribution in [0.2, 0.25) is 0 Å². The molecule has 224 valence electrons. The first-order valence-electron chi connectivity index (χ1n) is 14.5. The van der Waals surface area contributed by atoms with E-state index < -0.39 is 19.2 Å². The van der Waals surface area contributed by atoms with Gasteiger partial charge in [0.05, 0.1) is 18.7 Å². The fourth-order valence-electron chi connectivity index (χ4n) is 5.70. The number of ether oxygens (including phenoxy) is 1. The standard InChI is InChI=1S/C31H35BN4O7/c1-2-36(26-10-13-41-14-11-26)30(37)23(18-33)15-21-7-8-22-9-12-35(19-24(22)16-21)43-31(38)34-29(32(39)40)17-25-20-42-28-6-4-3-5-27(25)28/h3-8,15-16,20,26,29,39-40H,2,9-14,17,19H2,1H3,(H,34,38)/t29-/m0/s1. The van der Waals surface area contributed by atoms with E-state index in [0.29, 0.717) is 50.4 Å². The summed E-state index contributed by atoms with van der Waals surface area (Å²) in [4.78, 5) is 33.3. The summed E-state index contributed by atoms with van der Waals surface area (Å²) in [6.07, 6.45) is 4.58. The lowest BCUT2D eigenvalue weighted by Crippen LogP contribution is -2.49. The number of benzene rings is 2. The largest absolute Gasteiger partial charge is 0.475 e. The third kappa shape index (κ3) is 7.26. The summed E-state index contributed by atoms with van der Waals surface area (Å²) in [5.74, 6) is -1.31. The first-order chi connectivity index (χ1) is 20.9. The van der Waals surface area contributed by atoms with Crippen molar-refractivity contribution in [2.24, 2.45) is 0 Å². The molecule has 2 aromatic carbocycles. The number of nitrogens with one attached hydrogen (secondary N) is 1. The van der Waals surface area contributed by atoms with Gasteiger partial charge in [0.2, 0.25) is 0 Å². The molecule has 0 spiro atoms. The van der Waals surface area contributed by atoms with Crippen LogP contribution in [-0.4, -0.2) is 77.4 Å². The molecule has 1 saturated heterocycles. The van der Waals surface area contributed by atoms with Gasteiger partial charge in [0, 0.05) is 37.7 Å². The van der Waals surface area contributed by atoms with Crippen LogP contribution in [0.25, 0.3) is 17.0 Å². The molecule has 1 fully saturated rings. The molecule has 0 aliphatic carbocycles. The van der Waals surface area contributed by atoms with Crippen molar-refractivity contribution in [2.75, 3.05) is 26.3 Å². The van der Waals surface area contributed by atoms with Crippen LogP contribution < -0.4 is 5.32 Å². The van der Waals surface area contributed by atoms with Gasteiger partial charge in [-0.2, -0.15) is 5.26 Å². The van der Waals surface area contributed by atoms with Crippen LogP contribution in [-0.2, 0) is 33.8 Å². The lowest BCUT2D eigenvalue weighted by molar-refractivity contribution is -0.130. The Hall–Kier alpha value is -4.15. The van der Waals surface area contributed by atoms with E-state index in [0.717, 1.165) is 34.9 Å². The average Bonchev–Trinajstić information content (AvgIpc) is 3.42. The number of carbonyl (C=O) groups is 2. The Labute approximate surface area is 250 Å². The molecule has 2 aliphatic heterocycles. The van der Waals surface area contributed by atoms with Gasteiger partial charge >= 0.3 is 13.2 Å². The molecule has 0 unspecified atom stereocenters. The highest BCUT2D eigenvalue weighted by Gasteiger charge is 2.30. The number of fused-ring (bicyclic) bond motifs is 2. The van der Waals surface area contributed by atoms with E-state index in [1.807, 2.05) is 49.4 Å². The van der Waals surface area contributed by atoms with Gasteiger partial charge in [-0.25, -0.2) is 4.79 Å². The van der Waals surface area contributed by atoms with Crippen molar-refractivity contribution in [1.82, 2.24) is 15.3 Å². The van der Waals surface area contributed by atoms with E-state index in [2.05, 4.69) is 11.4 Å². The minimum absolute atomic E-state index is 0.0500. The highest BCUT2D eigenvalue weighted by atomic mass is 16.7. The van der Waals surface area contributed by atoms with Gasteiger partial charge in [0.15, 0.2) is 0 Å². The second-order valence-electron chi connectivity index (χ2n) is 10.8. The van der Waals surface area contributed by atoms with Crippen molar-refractivity contribution in [3.63, 3.8) is 0 Å². The van der Waals surface area contributed by atoms with Gasteiger partial charge in [0.1, 0.15) is 17.2 Å². The molecule has 3 heterocycles. The molecule has 12 heteroatoms. The Morgan fingerprint density at radius 1 is 1.23 bits per heavy atom. The number of amides is 2. The Bertz CT molecular complexity index is 1530. The third-order valence-electron chi connectivity index (χ3n) is 7.98. The van der Waals surface area contributed by atoms with Crippen LogP contribution in [0.1, 0.15) is 42.0 Å². The second kappa shape index (κ2) is 13.9. The molecule has 0 radical (unpaired) electrons. The molecule has 0 saturated carbocycles. The quantitative estimate of drug-likeness (QED) is 0.196. The summed E-state index contributed by atoms with van der Waals surface area (Å²) < 4.78 is 10.9. The Balaban J connectivity index is 1.23. The normalized spacial score (nSPS) is 16.7. The maximum absolute atomic E-state index is 13.3. The monoisotopic (exact) mass is 586 g/mol. The van der Waals surface area contributed by atoms with Gasteiger partial charge in [-0.05, 0) is 67.0 Å². The molecule has 1 aromatic heterocycles. The lowest BCUT2D eigenvalue weighted by Gasteiger charge is -2.33. The first-order valence-corrected chi connectivity index (χ1v) is 14.5. The zero-order chi connectivity index (χ0) is 30.3. The van der Waals surface area contributed by atoms with Crippen molar-refractivity contribution >= 4 is 36.2 Å². The molecule has 0 bridgehead atoms. The van der Waals surface area contributed by atoms with Crippen molar-refractivity contribution in [1.29, 1.82) is 5.26 Å². The Morgan fingerprint density at radius 3 is 2.77 bits per heavy atom. The number of nitriles is 1. The van der Waals surface area contributed by atoms with Gasteiger partial charge in [-0.15, -0.1) is 5.06 Å². The molecule has 5 rings (SSSR count). The molecule has 43 heavy (non-hydrogen) atoms. The average molecular weight is 586 g/mol. The number of rotatable bonds is 9. The van der Waals surface area contributed by atoms with E-state index in [-0.39, 0.29) is 23.9 Å². The highest BCUT2D eigenvalue weighted by Crippen LogP contribution is 2.24. The van der Waals surface area contributed by atoms with Gasteiger partial charge in [-0.3, -0.25) is 4.79 Å². The van der Waals surface area contributed by atoms with Crippen LogP contribution in [0.3, 0.4) is 0 Å². The van der Waals surface area contributed by atoms with Crippen LogP contribution in [0.5, 0.6) is 0 Å². The van der Waals surface area contributed by atoms with Gasteiger partial charge in [-0.1, -0.05) is 36.4 Å². The predicted octanol–water partition coefficient (Wildman–Crippen LogP) is 2.99. The number of hydrogen-bond donors (Lipinski definition) is 3. The van der Waals surface area contributed by atoms with E-state index >= 15 is 0 Å². The zero-order valence-corrected chi connectivity index (χ0v) is 24.1. The molecular weight excluding hydrogens is 551 g/mol. The summed E-state index contributed by atoms with van der Waals surface area (Å²) >= 11 is 0. The second-order valence-corrected chi connectivity index (χ2v) is 10.8. The van der Waals surface area contributed by atoms with Gasteiger partial charge in [0.25, 0.3) is 5.91 Å². The molecule has 1 atom stereocenters. The molecular formula is C31H35BN4O7. The SMILES string of the molecule is CCN(C(=O)C(C#N)=Cc1ccc2c(c1)CN(OC(=O)N[C@@H](Cc1coc3ccccc13)B(O)O)CC2)C1CCOCC1. The molecule has 3 N–H and O–H groups in total. The molecule has 2 aliphatic rings. The number of para-hydroxylation sites is 1. The van der Waals surface area contributed by atoms with Crippen LogP contribution in [0.15, 0.2) is 58.7 Å². The number of carbonyl (C=O) groups excluding carboxylic acids is 2. The van der Waals surface area contributed by atoms with Crippen molar-refractivity contribution in [3.8, 4) is 6.07 Å². The lowest BCUT2D eigenvalue weighted by atomic mass is 9.76. The fraction of sp³-hybridized carbons (Fsp3) is 0.387. The molecule has 11 nitrogen and oxygen atoms in total. The summed E-state index contributed by atoms with van der Waals surface area (Å²) in [6, 6.07) is 15.2. The van der Waals surface area contributed by atoms with Crippen molar-refractivity contribution < 1.29 is 33.6 Å². The molecule has 2 amide bonds. The molecule has 3 aromatic rings. The maximum Gasteiger partial charge on any atom is 0.475 e. The predicted molar refractivity (Wildman–Crippen MR) is 159 cm³/mol. The summed E-state index contributed by atoms with van der Waals surface area (Å²) in [6.45, 7) is 4.37. The highest BCUT2D eigenvalue weighted by molar-refractivity contribution is 6.43. The first kappa shape index (κ1) is 30.3. The van der Waals surface area contributed by atoms with Crippen molar-refractivity contribution in [2.45, 2.75) is 51.1 Å². The van der Waals surface area contributed by atoms with E-state index in [4.69, 9.17) is 14.0 Å². The maximum atomic E-state index is 13.3.